The van der Waals surface area contributed by atoms with Gasteiger partial charge < -0.3 is 0 Å². The van der Waals surface area contributed by atoms with E-state index in [1.165, 1.54) is 22.2 Å². The van der Waals surface area contributed by atoms with Crippen LogP contribution < -0.4 is 0 Å². The van der Waals surface area contributed by atoms with Crippen molar-refractivity contribution in [1.29, 1.82) is 0 Å². The molecule has 0 N–H and O–H groups in total. The molecule has 0 saturated heterocycles. The Hall–Kier alpha value is -1.72. The Morgan fingerprint density at radius 3 is 2.87 bits per heavy atom. The van der Waals surface area contributed by atoms with Crippen LogP contribution in [0, 0.1) is 6.92 Å². The smallest absolute Gasteiger partial charge is 0.173 e. The molecule has 3 nitrogen and oxygen atoms in total. The first-order chi connectivity index (χ1) is 11.2. The number of thiophene rings is 1. The zero-order chi connectivity index (χ0) is 15.8. The molecule has 4 rings (SSSR count). The lowest BCUT2D eigenvalue weighted by molar-refractivity contribution is 0.102. The number of benzene rings is 1. The molecular weight excluding hydrogens is 324 g/mol. The zero-order valence-corrected chi connectivity index (χ0v) is 14.5. The average molecular weight is 340 g/mol. The van der Waals surface area contributed by atoms with Crippen molar-refractivity contribution in [2.45, 2.75) is 31.2 Å². The highest BCUT2D eigenvalue weighted by molar-refractivity contribution is 8.00. The summed E-state index contributed by atoms with van der Waals surface area (Å²) >= 11 is 3.34. The van der Waals surface area contributed by atoms with Gasteiger partial charge in [0.25, 0.3) is 0 Å². The lowest BCUT2D eigenvalue weighted by Crippen LogP contribution is -2.03. The van der Waals surface area contributed by atoms with Crippen LogP contribution in [0.1, 0.15) is 33.0 Å². The molecule has 1 aliphatic carbocycles. The van der Waals surface area contributed by atoms with Gasteiger partial charge in [0.1, 0.15) is 15.7 Å². The topological polar surface area (TPSA) is 42.9 Å². The lowest BCUT2D eigenvalue weighted by Gasteiger charge is -2.05. The highest BCUT2D eigenvalue weighted by Crippen LogP contribution is 2.40. The molecule has 2 heterocycles. The summed E-state index contributed by atoms with van der Waals surface area (Å²) in [6, 6.07) is 9.46. The number of ketones is 1. The molecule has 0 radical (unpaired) electrons. The van der Waals surface area contributed by atoms with E-state index in [4.69, 9.17) is 0 Å². The molecule has 0 saturated carbocycles. The van der Waals surface area contributed by atoms with Gasteiger partial charge in [0.05, 0.1) is 5.75 Å². The van der Waals surface area contributed by atoms with Crippen LogP contribution in [-0.2, 0) is 12.8 Å². The fourth-order valence-corrected chi connectivity index (χ4v) is 5.38. The minimum atomic E-state index is 0.145. The normalized spacial score (nSPS) is 13.4. The highest BCUT2D eigenvalue weighted by atomic mass is 32.2. The summed E-state index contributed by atoms with van der Waals surface area (Å²) in [5.41, 5.74) is 2.18. The quantitative estimate of drug-likeness (QED) is 0.399. The number of carbonyl (C=O) groups is 1. The SMILES string of the molecule is Cc1nc(SCC(=O)c2ccccc2)c2c3c(sc2n1)CCC3. The van der Waals surface area contributed by atoms with Crippen molar-refractivity contribution in [2.75, 3.05) is 5.75 Å². The Kier molecular flexibility index (Phi) is 3.91. The predicted molar refractivity (Wildman–Crippen MR) is 95.7 cm³/mol. The average Bonchev–Trinajstić information content (AvgIpc) is 3.13. The Labute approximate surface area is 143 Å². The van der Waals surface area contributed by atoms with E-state index in [1.807, 2.05) is 37.3 Å². The number of Topliss-reactive ketones (excluding diaryl/α,β-unsaturated/α-hetero) is 1. The third kappa shape index (κ3) is 2.79. The molecule has 0 unspecified atom stereocenters. The van der Waals surface area contributed by atoms with Gasteiger partial charge in [0, 0.05) is 15.8 Å². The number of fused-ring (bicyclic) bond motifs is 3. The molecular formula is C18H16N2OS2. The van der Waals surface area contributed by atoms with Crippen LogP contribution in [-0.4, -0.2) is 21.5 Å². The maximum absolute atomic E-state index is 12.3. The molecule has 0 bridgehead atoms. The fraction of sp³-hybridized carbons (Fsp3) is 0.278. The minimum Gasteiger partial charge on any atom is -0.293 e. The Morgan fingerprint density at radius 1 is 1.22 bits per heavy atom. The molecule has 1 aromatic carbocycles. The molecule has 0 amide bonds. The van der Waals surface area contributed by atoms with Gasteiger partial charge in [-0.25, -0.2) is 9.97 Å². The molecule has 3 aromatic rings. The number of nitrogens with zero attached hydrogens (tertiary/aromatic N) is 2. The number of hydrogen-bond donors (Lipinski definition) is 0. The Bertz CT molecular complexity index is 887. The highest BCUT2D eigenvalue weighted by Gasteiger charge is 2.22. The zero-order valence-electron chi connectivity index (χ0n) is 12.8. The maximum atomic E-state index is 12.3. The molecule has 0 aliphatic heterocycles. The van der Waals surface area contributed by atoms with E-state index in [0.29, 0.717) is 5.75 Å². The third-order valence-electron chi connectivity index (χ3n) is 4.08. The Balaban J connectivity index is 1.65. The molecule has 0 atom stereocenters. The standard InChI is InChI=1S/C18H16N2OS2/c1-11-19-17(22-10-14(21)12-6-3-2-4-7-12)16-13-8-5-9-15(13)23-18(16)20-11/h2-4,6-7H,5,8-10H2,1H3. The van der Waals surface area contributed by atoms with Crippen molar-refractivity contribution in [2.24, 2.45) is 0 Å². The van der Waals surface area contributed by atoms with E-state index in [0.717, 1.165) is 34.1 Å². The van der Waals surface area contributed by atoms with Gasteiger partial charge in [0.2, 0.25) is 0 Å². The number of aryl methyl sites for hydroxylation is 3. The molecule has 2 aromatic heterocycles. The summed E-state index contributed by atoms with van der Waals surface area (Å²) in [5.74, 6) is 1.35. The summed E-state index contributed by atoms with van der Waals surface area (Å²) in [6.07, 6.45) is 3.49. The summed E-state index contributed by atoms with van der Waals surface area (Å²) in [4.78, 5) is 24.1. The summed E-state index contributed by atoms with van der Waals surface area (Å²) in [7, 11) is 0. The van der Waals surface area contributed by atoms with Gasteiger partial charge in [-0.3, -0.25) is 4.79 Å². The monoisotopic (exact) mass is 340 g/mol. The lowest BCUT2D eigenvalue weighted by atomic mass is 10.2. The second kappa shape index (κ2) is 6.06. The van der Waals surface area contributed by atoms with E-state index in [2.05, 4.69) is 9.97 Å². The van der Waals surface area contributed by atoms with Gasteiger partial charge in [-0.05, 0) is 31.7 Å². The summed E-state index contributed by atoms with van der Waals surface area (Å²) in [5, 5.41) is 2.16. The van der Waals surface area contributed by atoms with Crippen molar-refractivity contribution in [1.82, 2.24) is 9.97 Å². The van der Waals surface area contributed by atoms with Gasteiger partial charge in [-0.1, -0.05) is 42.1 Å². The number of aromatic nitrogens is 2. The number of carbonyl (C=O) groups excluding carboxylic acids is 1. The number of hydrogen-bond acceptors (Lipinski definition) is 5. The molecule has 1 aliphatic rings. The van der Waals surface area contributed by atoms with E-state index >= 15 is 0 Å². The molecule has 0 fully saturated rings. The first-order valence-electron chi connectivity index (χ1n) is 7.72. The first-order valence-corrected chi connectivity index (χ1v) is 9.52. The van der Waals surface area contributed by atoms with E-state index in [1.54, 1.807) is 23.1 Å². The largest absolute Gasteiger partial charge is 0.293 e. The van der Waals surface area contributed by atoms with Crippen LogP contribution in [0.4, 0.5) is 0 Å². The van der Waals surface area contributed by atoms with Crippen LogP contribution in [0.15, 0.2) is 35.4 Å². The molecule has 0 spiro atoms. The van der Waals surface area contributed by atoms with Crippen molar-refractivity contribution < 1.29 is 4.79 Å². The van der Waals surface area contributed by atoms with Crippen LogP contribution >= 0.6 is 23.1 Å². The van der Waals surface area contributed by atoms with E-state index < -0.39 is 0 Å². The minimum absolute atomic E-state index is 0.145. The fourth-order valence-electron chi connectivity index (χ4n) is 3.01. The van der Waals surface area contributed by atoms with Crippen molar-refractivity contribution in [3.05, 3.63) is 52.2 Å². The molecule has 23 heavy (non-hydrogen) atoms. The van der Waals surface area contributed by atoms with Gasteiger partial charge in [-0.2, -0.15) is 0 Å². The van der Waals surface area contributed by atoms with Crippen LogP contribution in [0.5, 0.6) is 0 Å². The second-order valence-corrected chi connectivity index (χ2v) is 7.74. The first kappa shape index (κ1) is 14.8. The number of rotatable bonds is 4. The van der Waals surface area contributed by atoms with Crippen molar-refractivity contribution >= 4 is 39.1 Å². The predicted octanol–water partition coefficient (Wildman–Crippen LogP) is 4.46. The molecule has 5 heteroatoms. The van der Waals surface area contributed by atoms with Gasteiger partial charge in [-0.15, -0.1) is 11.3 Å². The van der Waals surface area contributed by atoms with Crippen molar-refractivity contribution in [3.63, 3.8) is 0 Å². The van der Waals surface area contributed by atoms with Crippen LogP contribution in [0.2, 0.25) is 0 Å². The Morgan fingerprint density at radius 2 is 2.04 bits per heavy atom. The molecule has 116 valence electrons. The summed E-state index contributed by atoms with van der Waals surface area (Å²) in [6.45, 7) is 1.92. The number of thioether (sulfide) groups is 1. The third-order valence-corrected chi connectivity index (χ3v) is 6.24. The van der Waals surface area contributed by atoms with Gasteiger partial charge >= 0.3 is 0 Å². The van der Waals surface area contributed by atoms with Crippen LogP contribution in [0.25, 0.3) is 10.2 Å². The van der Waals surface area contributed by atoms with E-state index in [-0.39, 0.29) is 5.78 Å². The summed E-state index contributed by atoms with van der Waals surface area (Å²) < 4.78 is 0. The van der Waals surface area contributed by atoms with Crippen molar-refractivity contribution in [3.8, 4) is 0 Å². The van der Waals surface area contributed by atoms with Crippen LogP contribution in [0.3, 0.4) is 0 Å². The maximum Gasteiger partial charge on any atom is 0.173 e. The second-order valence-electron chi connectivity index (χ2n) is 5.69. The van der Waals surface area contributed by atoms with E-state index in [9.17, 15) is 4.79 Å². The van der Waals surface area contributed by atoms with Gasteiger partial charge in [0.15, 0.2) is 5.78 Å².